The summed E-state index contributed by atoms with van der Waals surface area (Å²) < 4.78 is 1.54. The number of hydrogen-bond donors (Lipinski definition) is 0. The van der Waals surface area contributed by atoms with Gasteiger partial charge in [-0.15, -0.1) is 0 Å². The van der Waals surface area contributed by atoms with E-state index in [-0.39, 0.29) is 29.4 Å². The van der Waals surface area contributed by atoms with Crippen molar-refractivity contribution in [3.05, 3.63) is 0 Å². The topological polar surface area (TPSA) is 82.2 Å². The zero-order chi connectivity index (χ0) is 16.6. The highest BCUT2D eigenvalue weighted by Gasteiger charge is 2.48. The number of ketones is 1. The number of carbonyl (C=O) groups is 3. The van der Waals surface area contributed by atoms with E-state index in [1.54, 1.807) is 4.58 Å². The van der Waals surface area contributed by atoms with Crippen molar-refractivity contribution in [3.63, 3.8) is 0 Å². The lowest BCUT2D eigenvalue weighted by molar-refractivity contribution is -0.435. The van der Waals surface area contributed by atoms with Gasteiger partial charge < -0.3 is 0 Å². The molecule has 0 saturated heterocycles. The summed E-state index contributed by atoms with van der Waals surface area (Å²) in [5.74, 6) is 0.699. The summed E-state index contributed by atoms with van der Waals surface area (Å²) in [6.07, 6.45) is 3.15. The van der Waals surface area contributed by atoms with Crippen LogP contribution in [0, 0.1) is 5.92 Å². The summed E-state index contributed by atoms with van der Waals surface area (Å²) in [5.41, 5.74) is 0.251. The van der Waals surface area contributed by atoms with Crippen LogP contribution in [0.4, 0.5) is 4.79 Å². The second-order valence-electron chi connectivity index (χ2n) is 6.12. The van der Waals surface area contributed by atoms with Crippen LogP contribution in [-0.4, -0.2) is 57.7 Å². The van der Waals surface area contributed by atoms with Crippen molar-refractivity contribution in [3.8, 4) is 0 Å². The van der Waals surface area contributed by atoms with Gasteiger partial charge in [-0.3, -0.25) is 4.79 Å². The first-order valence-electron chi connectivity index (χ1n) is 8.26. The zero-order valence-electron chi connectivity index (χ0n) is 13.5. The molecule has 7 nitrogen and oxygen atoms in total. The molecule has 0 radical (unpaired) electrons. The minimum absolute atomic E-state index is 0.0286. The van der Waals surface area contributed by atoms with Gasteiger partial charge in [0, 0.05) is 18.8 Å². The highest BCUT2D eigenvalue weighted by atomic mass is 16.2. The Hall–Kier alpha value is -2.18. The molecule has 1 atom stereocenters. The monoisotopic (exact) mass is 317 g/mol. The van der Waals surface area contributed by atoms with Crippen molar-refractivity contribution in [2.24, 2.45) is 15.9 Å². The largest absolute Gasteiger partial charge is 0.446 e. The number of nitrogens with zero attached hydrogens (tertiary/aromatic N) is 4. The molecule has 0 aromatic heterocycles. The molecule has 1 aliphatic carbocycles. The zero-order valence-corrected chi connectivity index (χ0v) is 13.5. The fraction of sp³-hybridized carbons (Fsp3) is 0.625. The van der Waals surface area contributed by atoms with E-state index >= 15 is 0 Å². The molecule has 7 heteroatoms. The Morgan fingerprint density at radius 3 is 2.57 bits per heavy atom. The Morgan fingerprint density at radius 2 is 1.96 bits per heavy atom. The van der Waals surface area contributed by atoms with Gasteiger partial charge in [0.1, 0.15) is 5.78 Å². The highest BCUT2D eigenvalue weighted by molar-refractivity contribution is 6.70. The van der Waals surface area contributed by atoms with Gasteiger partial charge in [-0.2, -0.15) is 9.48 Å². The number of amides is 3. The number of Topliss-reactive ketones (excluding diaryl/α,β-unsaturated/α-hetero) is 1. The lowest BCUT2D eigenvalue weighted by atomic mass is 10.1. The summed E-state index contributed by atoms with van der Waals surface area (Å²) in [5, 5.41) is 0. The van der Waals surface area contributed by atoms with Gasteiger partial charge in [-0.25, -0.2) is 14.6 Å². The minimum atomic E-state index is -0.373. The molecule has 3 rings (SSSR count). The third-order valence-corrected chi connectivity index (χ3v) is 4.33. The van der Waals surface area contributed by atoms with Crippen LogP contribution in [-0.2, 0) is 9.59 Å². The lowest BCUT2D eigenvalue weighted by Gasteiger charge is -2.21. The Labute approximate surface area is 134 Å². The van der Waals surface area contributed by atoms with Gasteiger partial charge in [-0.05, 0) is 19.3 Å². The van der Waals surface area contributed by atoms with E-state index in [1.165, 1.54) is 4.90 Å². The van der Waals surface area contributed by atoms with E-state index in [1.807, 2.05) is 13.8 Å². The Kier molecular flexibility index (Phi) is 4.19. The Balaban J connectivity index is 2.00. The number of imide groups is 1. The van der Waals surface area contributed by atoms with Crippen LogP contribution in [0.2, 0.25) is 0 Å². The smallest absolute Gasteiger partial charge is 0.300 e. The van der Waals surface area contributed by atoms with Crippen LogP contribution in [0.1, 0.15) is 46.0 Å². The first-order chi connectivity index (χ1) is 11.1. The third kappa shape index (κ3) is 2.64. The number of amidine groups is 2. The number of urea groups is 1. The van der Waals surface area contributed by atoms with Crippen molar-refractivity contribution in [2.75, 3.05) is 13.1 Å². The van der Waals surface area contributed by atoms with Gasteiger partial charge in [0.2, 0.25) is 11.5 Å². The molecule has 2 aliphatic heterocycles. The van der Waals surface area contributed by atoms with Gasteiger partial charge in [0.05, 0.1) is 13.1 Å². The molecule has 1 unspecified atom stereocenters. The van der Waals surface area contributed by atoms with Gasteiger partial charge in [0.15, 0.2) is 0 Å². The Morgan fingerprint density at radius 1 is 1.17 bits per heavy atom. The maximum Gasteiger partial charge on any atom is 0.446 e. The van der Waals surface area contributed by atoms with Crippen molar-refractivity contribution in [2.45, 2.75) is 46.0 Å². The summed E-state index contributed by atoms with van der Waals surface area (Å²) >= 11 is 0. The maximum atomic E-state index is 12.6. The fourth-order valence-electron chi connectivity index (χ4n) is 3.20. The average molecular weight is 317 g/mol. The van der Waals surface area contributed by atoms with Gasteiger partial charge in [0.25, 0.3) is 0 Å². The van der Waals surface area contributed by atoms with E-state index in [4.69, 9.17) is 0 Å². The molecule has 0 N–H and O–H groups in total. The van der Waals surface area contributed by atoms with E-state index in [0.717, 1.165) is 12.8 Å². The maximum absolute atomic E-state index is 12.6. The lowest BCUT2D eigenvalue weighted by Crippen LogP contribution is -2.54. The Bertz CT molecular complexity index is 675. The normalized spacial score (nSPS) is 24.3. The van der Waals surface area contributed by atoms with Gasteiger partial charge >= 0.3 is 17.8 Å². The van der Waals surface area contributed by atoms with Crippen molar-refractivity contribution in [1.82, 2.24) is 4.90 Å². The molecular weight excluding hydrogens is 296 g/mol. The summed E-state index contributed by atoms with van der Waals surface area (Å²) in [7, 11) is 0. The number of hydrogen-bond acceptors (Lipinski definition) is 5. The van der Waals surface area contributed by atoms with E-state index in [2.05, 4.69) is 9.98 Å². The molecule has 0 aromatic rings. The quantitative estimate of drug-likeness (QED) is 0.719. The van der Waals surface area contributed by atoms with Crippen LogP contribution in [0.15, 0.2) is 9.98 Å². The van der Waals surface area contributed by atoms with E-state index in [9.17, 15) is 14.4 Å². The molecule has 2 heterocycles. The number of rotatable bonds is 5. The highest BCUT2D eigenvalue weighted by Crippen LogP contribution is 2.27. The van der Waals surface area contributed by atoms with Crippen molar-refractivity contribution < 1.29 is 19.0 Å². The third-order valence-electron chi connectivity index (χ3n) is 4.33. The molecule has 3 aliphatic rings. The molecule has 122 valence electrons. The minimum Gasteiger partial charge on any atom is -0.300 e. The summed E-state index contributed by atoms with van der Waals surface area (Å²) in [6, 6.07) is -0.319. The predicted molar refractivity (Wildman–Crippen MR) is 85.0 cm³/mol. The second-order valence-corrected chi connectivity index (χ2v) is 6.12. The molecule has 23 heavy (non-hydrogen) atoms. The van der Waals surface area contributed by atoms with Crippen molar-refractivity contribution >= 4 is 35.1 Å². The number of carbonyl (C=O) groups excluding carboxylic acids is 3. The first kappa shape index (κ1) is 15.7. The first-order valence-corrected chi connectivity index (χ1v) is 8.26. The molecule has 1 saturated carbocycles. The number of fused-ring (bicyclic) bond motifs is 1. The molecule has 1 fully saturated rings. The standard InChI is InChI=1S/C16H21N4O3/c1-3-7-19-14-12(15(22)20(8-4-2)16(19)23)17-13(18-14)10-5-6-11(21)9-10/h10H,3-9H2,1-2H3/q+1. The van der Waals surface area contributed by atoms with Gasteiger partial charge in [-0.1, -0.05) is 18.8 Å². The summed E-state index contributed by atoms with van der Waals surface area (Å²) in [6.45, 7) is 4.77. The van der Waals surface area contributed by atoms with Crippen LogP contribution < -0.4 is 0 Å². The van der Waals surface area contributed by atoms with Crippen LogP contribution in [0.5, 0.6) is 0 Å². The molecule has 0 aromatic carbocycles. The van der Waals surface area contributed by atoms with Crippen LogP contribution >= 0.6 is 0 Å². The van der Waals surface area contributed by atoms with Crippen LogP contribution in [0.25, 0.3) is 0 Å². The molecule has 0 bridgehead atoms. The SMILES string of the molecule is CCCN1C(=O)C2=NC(C3CCC(=O)C3)=NC2=[N+](CCC)C1=O. The summed E-state index contributed by atoms with van der Waals surface area (Å²) in [4.78, 5) is 46.7. The fourth-order valence-corrected chi connectivity index (χ4v) is 3.20. The molecular formula is C16H21N4O3+. The van der Waals surface area contributed by atoms with E-state index in [0.29, 0.717) is 44.0 Å². The van der Waals surface area contributed by atoms with Crippen LogP contribution in [0.3, 0.4) is 0 Å². The average Bonchev–Trinajstić information content (AvgIpc) is 3.14. The molecule has 0 spiro atoms. The number of aliphatic imine (C=N–C) groups is 2. The second kappa shape index (κ2) is 6.14. The van der Waals surface area contributed by atoms with E-state index < -0.39 is 0 Å². The van der Waals surface area contributed by atoms with Crippen molar-refractivity contribution in [1.29, 1.82) is 0 Å². The predicted octanol–water partition coefficient (Wildman–Crippen LogP) is 1.40. The molecule has 3 amide bonds.